The largest absolute Gasteiger partial charge is 0.342 e. The van der Waals surface area contributed by atoms with Gasteiger partial charge in [-0.2, -0.15) is 0 Å². The van der Waals surface area contributed by atoms with Crippen LogP contribution in [0.4, 0.5) is 0 Å². The lowest BCUT2D eigenvalue weighted by atomic mass is 9.99. The van der Waals surface area contributed by atoms with Gasteiger partial charge in [-0.15, -0.1) is 0 Å². The molecule has 3 heteroatoms. The third-order valence-corrected chi connectivity index (χ3v) is 3.37. The molecule has 2 atom stereocenters. The molecule has 3 nitrogen and oxygen atoms in total. The molecule has 1 aliphatic heterocycles. The molecule has 0 saturated carbocycles. The molecule has 1 N–H and O–H groups in total. The summed E-state index contributed by atoms with van der Waals surface area (Å²) in [5, 5.41) is 3.46. The highest BCUT2D eigenvalue weighted by Crippen LogP contribution is 2.17. The first-order valence-corrected chi connectivity index (χ1v) is 6.67. The molecule has 1 aliphatic rings. The summed E-state index contributed by atoms with van der Waals surface area (Å²) in [6, 6.07) is 0.519. The Morgan fingerprint density at radius 1 is 1.56 bits per heavy atom. The Morgan fingerprint density at radius 3 is 3.00 bits per heavy atom. The van der Waals surface area contributed by atoms with E-state index in [9.17, 15) is 4.79 Å². The summed E-state index contributed by atoms with van der Waals surface area (Å²) in [4.78, 5) is 13.9. The van der Waals surface area contributed by atoms with E-state index < -0.39 is 0 Å². The number of hydrogen-bond acceptors (Lipinski definition) is 2. The minimum Gasteiger partial charge on any atom is -0.342 e. The highest BCUT2D eigenvalue weighted by Gasteiger charge is 2.24. The molecule has 2 unspecified atom stereocenters. The predicted octanol–water partition coefficient (Wildman–Crippen LogP) is 2.02. The van der Waals surface area contributed by atoms with Crippen molar-refractivity contribution < 1.29 is 4.79 Å². The summed E-state index contributed by atoms with van der Waals surface area (Å²) in [5.41, 5.74) is 0. The van der Waals surface area contributed by atoms with Crippen LogP contribution in [-0.2, 0) is 4.79 Å². The van der Waals surface area contributed by atoms with Crippen molar-refractivity contribution in [2.24, 2.45) is 5.92 Å². The van der Waals surface area contributed by atoms with Crippen LogP contribution in [0.2, 0.25) is 0 Å². The molecule has 0 aromatic rings. The van der Waals surface area contributed by atoms with Gasteiger partial charge in [0.2, 0.25) is 5.91 Å². The zero-order valence-electron chi connectivity index (χ0n) is 11.0. The minimum atomic E-state index is 0.243. The number of nitrogens with zero attached hydrogens (tertiary/aromatic N) is 1. The van der Waals surface area contributed by atoms with Crippen molar-refractivity contribution in [1.82, 2.24) is 10.2 Å². The first kappa shape index (κ1) is 13.5. The highest BCUT2D eigenvalue weighted by molar-refractivity contribution is 5.79. The zero-order chi connectivity index (χ0) is 12.0. The Hall–Kier alpha value is -0.570. The van der Waals surface area contributed by atoms with Crippen LogP contribution in [-0.4, -0.2) is 36.5 Å². The van der Waals surface area contributed by atoms with Gasteiger partial charge in [0.25, 0.3) is 0 Å². The van der Waals surface area contributed by atoms with E-state index in [1.807, 2.05) is 11.8 Å². The van der Waals surface area contributed by atoms with Gasteiger partial charge in [0, 0.05) is 25.0 Å². The normalized spacial score (nSPS) is 23.6. The van der Waals surface area contributed by atoms with Crippen molar-refractivity contribution in [3.8, 4) is 0 Å². The number of likely N-dealkylation sites (tertiary alicyclic amines) is 1. The van der Waals surface area contributed by atoms with Crippen LogP contribution in [0.3, 0.4) is 0 Å². The molecule has 0 aromatic heterocycles. The second-order valence-corrected chi connectivity index (χ2v) is 5.01. The molecule has 1 fully saturated rings. The molecule has 16 heavy (non-hydrogen) atoms. The lowest BCUT2D eigenvalue weighted by molar-refractivity contribution is -0.137. The fourth-order valence-electron chi connectivity index (χ4n) is 2.20. The average Bonchev–Trinajstić information content (AvgIpc) is 2.28. The molecule has 0 radical (unpaired) electrons. The monoisotopic (exact) mass is 226 g/mol. The Balaban J connectivity index is 2.23. The van der Waals surface area contributed by atoms with Crippen LogP contribution in [0.1, 0.15) is 46.5 Å². The van der Waals surface area contributed by atoms with Gasteiger partial charge in [0.15, 0.2) is 0 Å². The van der Waals surface area contributed by atoms with Gasteiger partial charge < -0.3 is 10.2 Å². The first-order chi connectivity index (χ1) is 7.65. The van der Waals surface area contributed by atoms with E-state index in [2.05, 4.69) is 19.2 Å². The van der Waals surface area contributed by atoms with Crippen LogP contribution < -0.4 is 5.32 Å². The number of hydrogen-bond donors (Lipinski definition) is 1. The Kier molecular flexibility index (Phi) is 5.81. The van der Waals surface area contributed by atoms with E-state index in [0.717, 1.165) is 32.5 Å². The quantitative estimate of drug-likeness (QED) is 0.751. The Morgan fingerprint density at radius 2 is 2.31 bits per heavy atom. The Bertz CT molecular complexity index is 218. The van der Waals surface area contributed by atoms with Crippen molar-refractivity contribution >= 4 is 5.91 Å². The van der Waals surface area contributed by atoms with Crippen molar-refractivity contribution in [3.63, 3.8) is 0 Å². The molecule has 0 aromatic carbocycles. The fraction of sp³-hybridized carbons (Fsp3) is 0.923. The predicted molar refractivity (Wildman–Crippen MR) is 67.4 cm³/mol. The van der Waals surface area contributed by atoms with Crippen LogP contribution in [0, 0.1) is 5.92 Å². The number of piperidine rings is 1. The number of rotatable bonds is 6. The number of nitrogens with one attached hydrogen (secondary N) is 1. The van der Waals surface area contributed by atoms with Crippen molar-refractivity contribution in [1.29, 1.82) is 0 Å². The van der Waals surface area contributed by atoms with E-state index in [-0.39, 0.29) is 5.92 Å². The SMILES string of the molecule is CCCNC(C)CCN1CCCC(C)C1=O. The zero-order valence-corrected chi connectivity index (χ0v) is 11.0. The topological polar surface area (TPSA) is 32.3 Å². The molecule has 1 saturated heterocycles. The van der Waals surface area contributed by atoms with Crippen molar-refractivity contribution in [3.05, 3.63) is 0 Å². The summed E-state index contributed by atoms with van der Waals surface area (Å²) < 4.78 is 0. The van der Waals surface area contributed by atoms with Gasteiger partial charge in [0.1, 0.15) is 0 Å². The van der Waals surface area contributed by atoms with Crippen LogP contribution in [0.15, 0.2) is 0 Å². The van der Waals surface area contributed by atoms with Crippen molar-refractivity contribution in [2.45, 2.75) is 52.5 Å². The van der Waals surface area contributed by atoms with Crippen LogP contribution >= 0.6 is 0 Å². The highest BCUT2D eigenvalue weighted by atomic mass is 16.2. The van der Waals surface area contributed by atoms with Gasteiger partial charge in [-0.25, -0.2) is 0 Å². The molecule has 94 valence electrons. The van der Waals surface area contributed by atoms with E-state index in [4.69, 9.17) is 0 Å². The van der Waals surface area contributed by atoms with E-state index in [1.54, 1.807) is 0 Å². The molecule has 1 rings (SSSR count). The number of carbonyl (C=O) groups is 1. The first-order valence-electron chi connectivity index (χ1n) is 6.67. The minimum absolute atomic E-state index is 0.243. The van der Waals surface area contributed by atoms with Gasteiger partial charge in [-0.3, -0.25) is 4.79 Å². The maximum absolute atomic E-state index is 11.9. The summed E-state index contributed by atoms with van der Waals surface area (Å²) in [5.74, 6) is 0.599. The van der Waals surface area contributed by atoms with Gasteiger partial charge >= 0.3 is 0 Å². The molecule has 0 spiro atoms. The summed E-state index contributed by atoms with van der Waals surface area (Å²) in [6.07, 6.45) is 4.48. The fourth-order valence-corrected chi connectivity index (χ4v) is 2.20. The van der Waals surface area contributed by atoms with Crippen molar-refractivity contribution in [2.75, 3.05) is 19.6 Å². The van der Waals surface area contributed by atoms with Gasteiger partial charge in [0.05, 0.1) is 0 Å². The summed E-state index contributed by atoms with van der Waals surface area (Å²) >= 11 is 0. The summed E-state index contributed by atoms with van der Waals surface area (Å²) in [6.45, 7) is 9.38. The van der Waals surface area contributed by atoms with E-state index >= 15 is 0 Å². The molecule has 0 aliphatic carbocycles. The maximum atomic E-state index is 11.9. The molecule has 1 heterocycles. The second kappa shape index (κ2) is 6.89. The number of amides is 1. The molecular weight excluding hydrogens is 200 g/mol. The number of carbonyl (C=O) groups excluding carboxylic acids is 1. The lowest BCUT2D eigenvalue weighted by Gasteiger charge is -2.31. The van der Waals surface area contributed by atoms with E-state index in [0.29, 0.717) is 11.9 Å². The summed E-state index contributed by atoms with van der Waals surface area (Å²) in [7, 11) is 0. The van der Waals surface area contributed by atoms with Gasteiger partial charge in [-0.1, -0.05) is 13.8 Å². The third kappa shape index (κ3) is 4.12. The third-order valence-electron chi connectivity index (χ3n) is 3.37. The second-order valence-electron chi connectivity index (χ2n) is 5.01. The Labute approximate surface area is 99.6 Å². The average molecular weight is 226 g/mol. The van der Waals surface area contributed by atoms with E-state index in [1.165, 1.54) is 12.8 Å². The van der Waals surface area contributed by atoms with Gasteiger partial charge in [-0.05, 0) is 39.2 Å². The van der Waals surface area contributed by atoms with Crippen LogP contribution in [0.25, 0.3) is 0 Å². The molecular formula is C13H26N2O. The lowest BCUT2D eigenvalue weighted by Crippen LogP contribution is -2.42. The smallest absolute Gasteiger partial charge is 0.225 e. The maximum Gasteiger partial charge on any atom is 0.225 e. The van der Waals surface area contributed by atoms with Crippen LogP contribution in [0.5, 0.6) is 0 Å². The molecule has 1 amide bonds. The standard InChI is InChI=1S/C13H26N2O/c1-4-8-14-12(3)7-10-15-9-5-6-11(2)13(15)16/h11-12,14H,4-10H2,1-3H3. The molecule has 0 bridgehead atoms.